The summed E-state index contributed by atoms with van der Waals surface area (Å²) < 4.78 is 0. The second-order valence-corrected chi connectivity index (χ2v) is 7.26. The van der Waals surface area contributed by atoms with Crippen molar-refractivity contribution in [3.8, 4) is 0 Å². The van der Waals surface area contributed by atoms with E-state index in [0.717, 1.165) is 51.6 Å². The van der Waals surface area contributed by atoms with Crippen LogP contribution in [-0.4, -0.2) is 35.8 Å². The first-order valence-electron chi connectivity index (χ1n) is 9.74. The Hall–Kier alpha value is -1.06. The number of hydrogen-bond acceptors (Lipinski definition) is 2. The van der Waals surface area contributed by atoms with Gasteiger partial charge in [0.25, 0.3) is 0 Å². The van der Waals surface area contributed by atoms with Crippen LogP contribution in [0.3, 0.4) is 0 Å². The Balaban J connectivity index is 1.77. The molecule has 2 aliphatic carbocycles. The number of hydrogen-bond donors (Lipinski definition) is 1. The zero-order chi connectivity index (χ0) is 16.7. The molecular formula is C19H34N2O2. The van der Waals surface area contributed by atoms with Crippen LogP contribution < -0.4 is 5.32 Å². The normalized spacial score (nSPS) is 26.3. The monoisotopic (exact) mass is 322 g/mol. The van der Waals surface area contributed by atoms with Gasteiger partial charge in [0.2, 0.25) is 11.8 Å². The van der Waals surface area contributed by atoms with Crippen molar-refractivity contribution in [3.05, 3.63) is 0 Å². The summed E-state index contributed by atoms with van der Waals surface area (Å²) in [5.41, 5.74) is 0. The van der Waals surface area contributed by atoms with Gasteiger partial charge < -0.3 is 10.2 Å². The standard InChI is InChI=1S/C19H34N2O2/c1-3-21(4-2)19(23)16-13-11-15(12-14-16)18(22)20-17-9-7-5-6-8-10-17/h15-17H,3-14H2,1-2H3,(H,20,22). The van der Waals surface area contributed by atoms with Gasteiger partial charge in [-0.1, -0.05) is 25.7 Å². The van der Waals surface area contributed by atoms with E-state index in [1.165, 1.54) is 25.7 Å². The zero-order valence-electron chi connectivity index (χ0n) is 15.0. The second-order valence-electron chi connectivity index (χ2n) is 7.26. The van der Waals surface area contributed by atoms with E-state index in [2.05, 4.69) is 5.32 Å². The van der Waals surface area contributed by atoms with Crippen molar-refractivity contribution < 1.29 is 9.59 Å². The van der Waals surface area contributed by atoms with Gasteiger partial charge in [-0.25, -0.2) is 0 Å². The molecule has 1 N–H and O–H groups in total. The van der Waals surface area contributed by atoms with Gasteiger partial charge in [-0.3, -0.25) is 9.59 Å². The van der Waals surface area contributed by atoms with Gasteiger partial charge in [0.15, 0.2) is 0 Å². The van der Waals surface area contributed by atoms with Gasteiger partial charge in [0, 0.05) is 31.0 Å². The average molecular weight is 322 g/mol. The highest BCUT2D eigenvalue weighted by Crippen LogP contribution is 2.30. The van der Waals surface area contributed by atoms with E-state index in [0.29, 0.717) is 6.04 Å². The highest BCUT2D eigenvalue weighted by atomic mass is 16.2. The molecule has 0 bridgehead atoms. The lowest BCUT2D eigenvalue weighted by atomic mass is 9.80. The summed E-state index contributed by atoms with van der Waals surface area (Å²) in [6, 6.07) is 0.389. The second kappa shape index (κ2) is 9.29. The van der Waals surface area contributed by atoms with Gasteiger partial charge in [-0.2, -0.15) is 0 Å². The van der Waals surface area contributed by atoms with Crippen LogP contribution in [0.25, 0.3) is 0 Å². The van der Waals surface area contributed by atoms with Crippen LogP contribution in [0.5, 0.6) is 0 Å². The molecule has 0 heterocycles. The Labute approximate surface area is 141 Å². The third kappa shape index (κ3) is 5.22. The molecule has 2 aliphatic rings. The van der Waals surface area contributed by atoms with Crippen molar-refractivity contribution in [2.45, 2.75) is 84.1 Å². The quantitative estimate of drug-likeness (QED) is 0.788. The van der Waals surface area contributed by atoms with Gasteiger partial charge in [-0.15, -0.1) is 0 Å². The first kappa shape index (κ1) is 18.3. The highest BCUT2D eigenvalue weighted by Gasteiger charge is 2.32. The summed E-state index contributed by atoms with van der Waals surface area (Å²) in [5, 5.41) is 3.28. The summed E-state index contributed by atoms with van der Waals surface area (Å²) in [5.74, 6) is 0.791. The van der Waals surface area contributed by atoms with Crippen molar-refractivity contribution >= 4 is 11.8 Å². The molecule has 0 aliphatic heterocycles. The molecule has 2 saturated carbocycles. The van der Waals surface area contributed by atoms with Crippen molar-refractivity contribution in [2.24, 2.45) is 11.8 Å². The van der Waals surface area contributed by atoms with Gasteiger partial charge in [-0.05, 0) is 52.4 Å². The van der Waals surface area contributed by atoms with E-state index >= 15 is 0 Å². The maximum atomic E-state index is 12.5. The molecule has 4 heteroatoms. The van der Waals surface area contributed by atoms with Crippen LogP contribution in [-0.2, 0) is 9.59 Å². The molecule has 0 aromatic rings. The average Bonchev–Trinajstić information content (AvgIpc) is 2.84. The fourth-order valence-electron chi connectivity index (χ4n) is 4.14. The molecule has 0 aromatic heterocycles. The third-order valence-electron chi connectivity index (χ3n) is 5.72. The summed E-state index contributed by atoms with van der Waals surface area (Å²) in [4.78, 5) is 26.8. The Bertz CT molecular complexity index is 377. The predicted molar refractivity (Wildman–Crippen MR) is 93.0 cm³/mol. The molecule has 132 valence electrons. The summed E-state index contributed by atoms with van der Waals surface area (Å²) in [6.07, 6.45) is 10.9. The fraction of sp³-hybridized carbons (Fsp3) is 0.895. The summed E-state index contributed by atoms with van der Waals surface area (Å²) >= 11 is 0. The minimum absolute atomic E-state index is 0.124. The van der Waals surface area contributed by atoms with E-state index in [1.54, 1.807) is 0 Å². The maximum absolute atomic E-state index is 12.5. The van der Waals surface area contributed by atoms with Crippen molar-refractivity contribution in [1.82, 2.24) is 10.2 Å². The van der Waals surface area contributed by atoms with Gasteiger partial charge >= 0.3 is 0 Å². The van der Waals surface area contributed by atoms with E-state index in [-0.39, 0.29) is 23.7 Å². The number of nitrogens with one attached hydrogen (secondary N) is 1. The smallest absolute Gasteiger partial charge is 0.225 e. The van der Waals surface area contributed by atoms with Gasteiger partial charge in [0.1, 0.15) is 0 Å². The number of carbonyl (C=O) groups excluding carboxylic acids is 2. The van der Waals surface area contributed by atoms with Crippen molar-refractivity contribution in [2.75, 3.05) is 13.1 Å². The molecule has 0 spiro atoms. The predicted octanol–water partition coefficient (Wildman–Crippen LogP) is 3.50. The summed E-state index contributed by atoms with van der Waals surface area (Å²) in [6.45, 7) is 5.65. The fourth-order valence-corrected chi connectivity index (χ4v) is 4.14. The lowest BCUT2D eigenvalue weighted by Gasteiger charge is -2.31. The van der Waals surface area contributed by atoms with Crippen molar-refractivity contribution in [3.63, 3.8) is 0 Å². The maximum Gasteiger partial charge on any atom is 0.225 e. The van der Waals surface area contributed by atoms with E-state index in [4.69, 9.17) is 0 Å². The van der Waals surface area contributed by atoms with Crippen LogP contribution in [0.4, 0.5) is 0 Å². The van der Waals surface area contributed by atoms with Crippen LogP contribution >= 0.6 is 0 Å². The van der Waals surface area contributed by atoms with Gasteiger partial charge in [0.05, 0.1) is 0 Å². The summed E-state index contributed by atoms with van der Waals surface area (Å²) in [7, 11) is 0. The molecule has 2 rings (SSSR count). The SMILES string of the molecule is CCN(CC)C(=O)C1CCC(C(=O)NC2CCCCCC2)CC1. The minimum atomic E-state index is 0.124. The molecule has 2 amide bonds. The topological polar surface area (TPSA) is 49.4 Å². The highest BCUT2D eigenvalue weighted by molar-refractivity contribution is 5.81. The number of amides is 2. The molecule has 2 fully saturated rings. The zero-order valence-corrected chi connectivity index (χ0v) is 15.0. The van der Waals surface area contributed by atoms with Crippen LogP contribution in [0.15, 0.2) is 0 Å². The molecule has 0 aromatic carbocycles. The molecule has 0 saturated heterocycles. The molecular weight excluding hydrogens is 288 g/mol. The molecule has 0 atom stereocenters. The first-order chi connectivity index (χ1) is 11.2. The first-order valence-corrected chi connectivity index (χ1v) is 9.74. The minimum Gasteiger partial charge on any atom is -0.353 e. The largest absolute Gasteiger partial charge is 0.353 e. The molecule has 23 heavy (non-hydrogen) atoms. The molecule has 4 nitrogen and oxygen atoms in total. The van der Waals surface area contributed by atoms with Crippen molar-refractivity contribution in [1.29, 1.82) is 0 Å². The number of rotatable bonds is 5. The van der Waals surface area contributed by atoms with Crippen LogP contribution in [0, 0.1) is 11.8 Å². The number of carbonyl (C=O) groups is 2. The Morgan fingerprint density at radius 1 is 0.826 bits per heavy atom. The van der Waals surface area contributed by atoms with Crippen LogP contribution in [0.1, 0.15) is 78.1 Å². The van der Waals surface area contributed by atoms with Crippen LogP contribution in [0.2, 0.25) is 0 Å². The molecule has 0 unspecified atom stereocenters. The Kier molecular flexibility index (Phi) is 7.38. The van der Waals surface area contributed by atoms with E-state index < -0.39 is 0 Å². The Morgan fingerprint density at radius 3 is 1.87 bits per heavy atom. The molecule has 0 radical (unpaired) electrons. The Morgan fingerprint density at radius 2 is 1.35 bits per heavy atom. The lowest BCUT2D eigenvalue weighted by Crippen LogP contribution is -2.42. The third-order valence-corrected chi connectivity index (χ3v) is 5.72. The number of nitrogens with zero attached hydrogens (tertiary/aromatic N) is 1. The van der Waals surface area contributed by atoms with E-state index in [9.17, 15) is 9.59 Å². The van der Waals surface area contributed by atoms with E-state index in [1.807, 2.05) is 18.7 Å². The lowest BCUT2D eigenvalue weighted by molar-refractivity contribution is -0.138.